The van der Waals surface area contributed by atoms with Crippen molar-refractivity contribution >= 4 is 17.8 Å². The molecule has 0 unspecified atom stereocenters. The Morgan fingerprint density at radius 1 is 0.939 bits per heavy atom. The molecule has 1 fully saturated rings. The number of amides is 2. The highest BCUT2D eigenvalue weighted by Gasteiger charge is 2.31. The average Bonchev–Trinajstić information content (AvgIpc) is 3.69. The lowest BCUT2D eigenvalue weighted by Gasteiger charge is -2.20. The third kappa shape index (κ3) is 5.54. The molecule has 33 heavy (non-hydrogen) atoms. The van der Waals surface area contributed by atoms with Crippen LogP contribution in [-0.4, -0.2) is 29.5 Å². The Morgan fingerprint density at radius 2 is 1.55 bits per heavy atom. The number of rotatable bonds is 8. The van der Waals surface area contributed by atoms with E-state index in [9.17, 15) is 19.2 Å². The van der Waals surface area contributed by atoms with E-state index < -0.39 is 23.3 Å². The van der Waals surface area contributed by atoms with Crippen LogP contribution in [0, 0.1) is 5.92 Å². The van der Waals surface area contributed by atoms with Gasteiger partial charge in [-0.05, 0) is 24.0 Å². The number of hydrogen-bond acceptors (Lipinski definition) is 5. The third-order valence-corrected chi connectivity index (χ3v) is 5.30. The number of pyridine rings is 1. The maximum Gasteiger partial charge on any atom is 0.310 e. The summed E-state index contributed by atoms with van der Waals surface area (Å²) in [5, 5.41) is 5.31. The van der Waals surface area contributed by atoms with Gasteiger partial charge in [-0.25, -0.2) is 0 Å². The number of aromatic amines is 1. The first-order valence-electron chi connectivity index (χ1n) is 10.6. The summed E-state index contributed by atoms with van der Waals surface area (Å²) in [5.41, 5.74) is 0.965. The topological polar surface area (TPSA) is 117 Å². The zero-order valence-electron chi connectivity index (χ0n) is 17.7. The SMILES string of the molecule is O=C(NCOC(=O)C1CC1)c1cc(=O)c(C(=O)NC(c2ccccc2)c2ccccc2)c[nH]1. The molecule has 0 saturated heterocycles. The number of carbonyl (C=O) groups excluding carboxylic acids is 3. The monoisotopic (exact) mass is 445 g/mol. The summed E-state index contributed by atoms with van der Waals surface area (Å²) in [6.07, 6.45) is 2.81. The van der Waals surface area contributed by atoms with E-state index in [1.165, 1.54) is 6.20 Å². The Hall–Kier alpha value is -4.20. The fourth-order valence-electron chi connectivity index (χ4n) is 3.34. The van der Waals surface area contributed by atoms with Crippen LogP contribution in [0.15, 0.2) is 77.7 Å². The normalized spacial score (nSPS) is 12.8. The van der Waals surface area contributed by atoms with Gasteiger partial charge in [0.05, 0.1) is 12.0 Å². The number of H-pyrrole nitrogens is 1. The minimum absolute atomic E-state index is 0.0401. The van der Waals surface area contributed by atoms with E-state index in [1.54, 1.807) is 0 Å². The highest BCUT2D eigenvalue weighted by Crippen LogP contribution is 2.29. The molecule has 3 N–H and O–H groups in total. The van der Waals surface area contributed by atoms with Crippen molar-refractivity contribution in [2.45, 2.75) is 18.9 Å². The van der Waals surface area contributed by atoms with Crippen LogP contribution in [0.3, 0.4) is 0 Å². The van der Waals surface area contributed by atoms with Crippen LogP contribution in [0.2, 0.25) is 0 Å². The lowest BCUT2D eigenvalue weighted by atomic mass is 9.98. The number of benzene rings is 2. The number of ether oxygens (including phenoxy) is 1. The molecular weight excluding hydrogens is 422 g/mol. The van der Waals surface area contributed by atoms with Gasteiger partial charge in [0.2, 0.25) is 0 Å². The maximum absolute atomic E-state index is 12.9. The fraction of sp³-hybridized carbons (Fsp3) is 0.200. The minimum atomic E-state index is -0.617. The summed E-state index contributed by atoms with van der Waals surface area (Å²) >= 11 is 0. The Labute approximate surface area is 190 Å². The van der Waals surface area contributed by atoms with Gasteiger partial charge in [-0.1, -0.05) is 60.7 Å². The molecule has 1 saturated carbocycles. The van der Waals surface area contributed by atoms with Gasteiger partial charge in [0.25, 0.3) is 11.8 Å². The Balaban J connectivity index is 1.45. The quantitative estimate of drug-likeness (QED) is 0.364. The summed E-state index contributed by atoms with van der Waals surface area (Å²) < 4.78 is 4.95. The van der Waals surface area contributed by atoms with Crippen molar-refractivity contribution in [1.82, 2.24) is 15.6 Å². The first-order chi connectivity index (χ1) is 16.0. The molecule has 3 aromatic rings. The molecule has 1 heterocycles. The van der Waals surface area contributed by atoms with Crippen molar-refractivity contribution in [3.63, 3.8) is 0 Å². The molecule has 168 valence electrons. The molecule has 1 aliphatic carbocycles. The first-order valence-corrected chi connectivity index (χ1v) is 10.6. The lowest BCUT2D eigenvalue weighted by Crippen LogP contribution is -2.34. The lowest BCUT2D eigenvalue weighted by molar-refractivity contribution is -0.145. The summed E-state index contributed by atoms with van der Waals surface area (Å²) in [7, 11) is 0. The average molecular weight is 445 g/mol. The summed E-state index contributed by atoms with van der Waals surface area (Å²) in [6.45, 7) is -0.283. The summed E-state index contributed by atoms with van der Waals surface area (Å²) in [5.74, 6) is -1.61. The predicted molar refractivity (Wildman–Crippen MR) is 120 cm³/mol. The van der Waals surface area contributed by atoms with Crippen LogP contribution >= 0.6 is 0 Å². The van der Waals surface area contributed by atoms with Crippen LogP contribution in [0.4, 0.5) is 0 Å². The number of carbonyl (C=O) groups is 3. The molecular formula is C25H23N3O5. The Kier molecular flexibility index (Phi) is 6.64. The fourth-order valence-corrected chi connectivity index (χ4v) is 3.34. The van der Waals surface area contributed by atoms with Gasteiger partial charge in [0.15, 0.2) is 12.2 Å². The standard InChI is InChI=1S/C25H23N3O5/c29-21-13-20(24(31)27-15-33-25(32)18-11-12-18)26-14-19(21)23(30)28-22(16-7-3-1-4-8-16)17-9-5-2-6-10-17/h1-10,13-14,18,22H,11-12,15H2,(H,26,29)(H,27,31)(H,28,30). The van der Waals surface area contributed by atoms with Crippen molar-refractivity contribution < 1.29 is 19.1 Å². The van der Waals surface area contributed by atoms with Crippen LogP contribution < -0.4 is 16.1 Å². The largest absolute Gasteiger partial charge is 0.444 e. The van der Waals surface area contributed by atoms with Crippen molar-refractivity contribution in [2.24, 2.45) is 5.92 Å². The molecule has 4 rings (SSSR count). The minimum Gasteiger partial charge on any atom is -0.444 e. The van der Waals surface area contributed by atoms with Crippen molar-refractivity contribution in [1.29, 1.82) is 0 Å². The molecule has 8 heteroatoms. The van der Waals surface area contributed by atoms with Crippen LogP contribution in [-0.2, 0) is 9.53 Å². The van der Waals surface area contributed by atoms with Crippen molar-refractivity contribution in [3.05, 3.63) is 106 Å². The second kappa shape index (κ2) is 9.95. The molecule has 1 aliphatic rings. The molecule has 0 aliphatic heterocycles. The van der Waals surface area contributed by atoms with E-state index in [2.05, 4.69) is 15.6 Å². The maximum atomic E-state index is 12.9. The second-order valence-electron chi connectivity index (χ2n) is 7.74. The molecule has 0 radical (unpaired) electrons. The van der Waals surface area contributed by atoms with E-state index >= 15 is 0 Å². The molecule has 2 aromatic carbocycles. The number of hydrogen-bond donors (Lipinski definition) is 3. The molecule has 8 nitrogen and oxygen atoms in total. The van der Waals surface area contributed by atoms with E-state index in [-0.39, 0.29) is 29.9 Å². The third-order valence-electron chi connectivity index (χ3n) is 5.30. The highest BCUT2D eigenvalue weighted by atomic mass is 16.5. The smallest absolute Gasteiger partial charge is 0.310 e. The van der Waals surface area contributed by atoms with Crippen LogP contribution in [0.25, 0.3) is 0 Å². The molecule has 0 spiro atoms. The molecule has 0 atom stereocenters. The van der Waals surface area contributed by atoms with E-state index in [4.69, 9.17) is 4.74 Å². The molecule has 2 amide bonds. The van der Waals surface area contributed by atoms with E-state index in [0.29, 0.717) is 0 Å². The van der Waals surface area contributed by atoms with Gasteiger partial charge >= 0.3 is 5.97 Å². The predicted octanol–water partition coefficient (Wildman–Crippen LogP) is 2.53. The van der Waals surface area contributed by atoms with Gasteiger partial charge < -0.3 is 20.4 Å². The van der Waals surface area contributed by atoms with Crippen LogP contribution in [0.5, 0.6) is 0 Å². The molecule has 1 aromatic heterocycles. The van der Waals surface area contributed by atoms with Gasteiger partial charge in [-0.2, -0.15) is 0 Å². The Bertz CT molecular complexity index is 1160. The van der Waals surface area contributed by atoms with E-state index in [1.807, 2.05) is 60.7 Å². The number of esters is 1. The van der Waals surface area contributed by atoms with Crippen molar-refractivity contribution in [2.75, 3.05) is 6.73 Å². The van der Waals surface area contributed by atoms with Crippen LogP contribution in [0.1, 0.15) is 50.9 Å². The zero-order chi connectivity index (χ0) is 23.2. The highest BCUT2D eigenvalue weighted by molar-refractivity contribution is 5.96. The van der Waals surface area contributed by atoms with Gasteiger partial charge in [0.1, 0.15) is 11.3 Å². The van der Waals surface area contributed by atoms with Gasteiger partial charge in [-0.3, -0.25) is 19.2 Å². The number of nitrogens with one attached hydrogen (secondary N) is 3. The van der Waals surface area contributed by atoms with E-state index in [0.717, 1.165) is 30.0 Å². The first kappa shape index (κ1) is 22.0. The molecule has 0 bridgehead atoms. The van der Waals surface area contributed by atoms with Crippen molar-refractivity contribution in [3.8, 4) is 0 Å². The Morgan fingerprint density at radius 3 is 2.09 bits per heavy atom. The van der Waals surface area contributed by atoms with Gasteiger partial charge in [0, 0.05) is 12.3 Å². The summed E-state index contributed by atoms with van der Waals surface area (Å²) in [4.78, 5) is 51.9. The zero-order valence-corrected chi connectivity index (χ0v) is 17.7. The number of aromatic nitrogens is 1. The second-order valence-corrected chi connectivity index (χ2v) is 7.74. The van der Waals surface area contributed by atoms with Gasteiger partial charge in [-0.15, -0.1) is 0 Å². The summed E-state index contributed by atoms with van der Waals surface area (Å²) in [6, 6.07) is 19.4.